The van der Waals surface area contributed by atoms with Crippen LogP contribution in [0.2, 0.25) is 0 Å². The summed E-state index contributed by atoms with van der Waals surface area (Å²) in [6.45, 7) is 4.72. The topological polar surface area (TPSA) is 25.6 Å². The van der Waals surface area contributed by atoms with Crippen LogP contribution in [0, 0.1) is 0 Å². The number of benzene rings is 11. The molecule has 69 heavy (non-hydrogen) atoms. The van der Waals surface area contributed by atoms with Gasteiger partial charge in [0.25, 0.3) is 0 Å². The summed E-state index contributed by atoms with van der Waals surface area (Å²) in [4.78, 5) is 2.48. The third kappa shape index (κ3) is 5.11. The van der Waals surface area contributed by atoms with Crippen LogP contribution in [-0.4, -0.2) is 0 Å². The van der Waals surface area contributed by atoms with Crippen molar-refractivity contribution in [3.05, 3.63) is 258 Å². The van der Waals surface area contributed by atoms with Gasteiger partial charge in [0.15, 0.2) is 0 Å². The summed E-state index contributed by atoms with van der Waals surface area (Å²) in [5.74, 6) is 1.83. The molecular formula is C66H43NO2. The molecule has 0 saturated heterocycles. The lowest BCUT2D eigenvalue weighted by Crippen LogP contribution is -2.32. The van der Waals surface area contributed by atoms with Gasteiger partial charge in [-0.25, -0.2) is 0 Å². The molecule has 1 spiro atoms. The largest absolute Gasteiger partial charge is 0.456 e. The minimum atomic E-state index is -0.671. The maximum Gasteiger partial charge on any atom is 0.140 e. The summed E-state index contributed by atoms with van der Waals surface area (Å²) < 4.78 is 13.9. The Morgan fingerprint density at radius 2 is 0.913 bits per heavy atom. The predicted molar refractivity (Wildman–Crippen MR) is 284 cm³/mol. The summed E-state index contributed by atoms with van der Waals surface area (Å²) in [5, 5.41) is 6.71. The molecular weight excluding hydrogens is 839 g/mol. The average Bonchev–Trinajstić information content (AvgIpc) is 4.00. The standard InChI is InChI=1S/C66H43NO2/c1-65(2)52-24-11-7-21-47(52)49-35-33-43(39-56(49)65)67(59-27-15-29-61-62(59)51-23-10-14-28-60(51)68-61)58-26-13-9-18-44(58)42-30-34-50-48-22-8-12-25-53(48)66(57(50)38-42)54-36-31-40-16-3-5-19-45(40)63(54)69-64-46-20-6-4-17-41(46)32-37-55(64)66/h3-39H,1-2H3. The molecule has 3 nitrogen and oxygen atoms in total. The van der Waals surface area contributed by atoms with Crippen molar-refractivity contribution in [2.24, 2.45) is 0 Å². The maximum atomic E-state index is 7.30. The first kappa shape index (κ1) is 38.4. The third-order valence-electron chi connectivity index (χ3n) is 15.7. The lowest BCUT2D eigenvalue weighted by atomic mass is 9.65. The Bertz CT molecular complexity index is 4090. The molecule has 0 amide bonds. The van der Waals surface area contributed by atoms with Crippen LogP contribution in [0.25, 0.3) is 76.9 Å². The molecule has 0 atom stereocenters. The fourth-order valence-corrected chi connectivity index (χ4v) is 12.7. The second kappa shape index (κ2) is 13.9. The van der Waals surface area contributed by atoms with E-state index in [1.807, 2.05) is 0 Å². The van der Waals surface area contributed by atoms with Crippen molar-refractivity contribution in [1.82, 2.24) is 0 Å². The highest BCUT2D eigenvalue weighted by Gasteiger charge is 2.52. The van der Waals surface area contributed by atoms with E-state index >= 15 is 0 Å². The summed E-state index contributed by atoms with van der Waals surface area (Å²) in [7, 11) is 0. The van der Waals surface area contributed by atoms with E-state index in [1.165, 1.54) is 44.5 Å². The Morgan fingerprint density at radius 3 is 1.67 bits per heavy atom. The van der Waals surface area contributed by atoms with Crippen LogP contribution in [0.5, 0.6) is 11.5 Å². The van der Waals surface area contributed by atoms with Gasteiger partial charge in [-0.15, -0.1) is 0 Å². The number of ether oxygens (including phenoxy) is 1. The molecule has 2 aliphatic carbocycles. The predicted octanol–water partition coefficient (Wildman–Crippen LogP) is 17.8. The zero-order chi connectivity index (χ0) is 45.6. The monoisotopic (exact) mass is 881 g/mol. The normalized spacial score (nSPS) is 14.3. The first-order valence-corrected chi connectivity index (χ1v) is 24.0. The molecule has 11 aromatic carbocycles. The molecule has 3 heteroatoms. The molecule has 0 fully saturated rings. The third-order valence-corrected chi connectivity index (χ3v) is 15.7. The Hall–Kier alpha value is -8.66. The average molecular weight is 882 g/mol. The van der Waals surface area contributed by atoms with Gasteiger partial charge in [0.1, 0.15) is 22.7 Å². The van der Waals surface area contributed by atoms with E-state index in [9.17, 15) is 0 Å². The van der Waals surface area contributed by atoms with E-state index in [0.717, 1.165) is 94.3 Å². The molecule has 12 aromatic rings. The van der Waals surface area contributed by atoms with E-state index < -0.39 is 5.41 Å². The van der Waals surface area contributed by atoms with Gasteiger partial charge in [-0.2, -0.15) is 0 Å². The summed E-state index contributed by atoms with van der Waals surface area (Å²) >= 11 is 0. The zero-order valence-electron chi connectivity index (χ0n) is 38.1. The van der Waals surface area contributed by atoms with Crippen molar-refractivity contribution in [2.75, 3.05) is 4.90 Å². The second-order valence-corrected chi connectivity index (χ2v) is 19.5. The van der Waals surface area contributed by atoms with Gasteiger partial charge >= 0.3 is 0 Å². The number of para-hydroxylation sites is 2. The fourth-order valence-electron chi connectivity index (χ4n) is 12.7. The zero-order valence-corrected chi connectivity index (χ0v) is 38.1. The molecule has 1 aromatic heterocycles. The lowest BCUT2D eigenvalue weighted by Gasteiger charge is -2.40. The number of hydrogen-bond acceptors (Lipinski definition) is 3. The van der Waals surface area contributed by atoms with Crippen LogP contribution in [0.4, 0.5) is 17.1 Å². The lowest BCUT2D eigenvalue weighted by molar-refractivity contribution is 0.447. The molecule has 2 heterocycles. The van der Waals surface area contributed by atoms with Crippen LogP contribution in [-0.2, 0) is 10.8 Å². The minimum absolute atomic E-state index is 0.183. The first-order chi connectivity index (χ1) is 34.0. The molecule has 3 aliphatic rings. The summed E-state index contributed by atoms with van der Waals surface area (Å²) in [6.07, 6.45) is 0. The van der Waals surface area contributed by atoms with Gasteiger partial charge in [-0.1, -0.05) is 196 Å². The van der Waals surface area contributed by atoms with E-state index in [4.69, 9.17) is 9.15 Å². The molecule has 1 aliphatic heterocycles. The minimum Gasteiger partial charge on any atom is -0.456 e. The van der Waals surface area contributed by atoms with E-state index in [-0.39, 0.29) is 5.41 Å². The second-order valence-electron chi connectivity index (χ2n) is 19.5. The molecule has 15 rings (SSSR count). The Morgan fingerprint density at radius 1 is 0.362 bits per heavy atom. The maximum absolute atomic E-state index is 7.30. The van der Waals surface area contributed by atoms with Crippen LogP contribution in [0.3, 0.4) is 0 Å². The van der Waals surface area contributed by atoms with Crippen molar-refractivity contribution in [2.45, 2.75) is 24.7 Å². The van der Waals surface area contributed by atoms with Gasteiger partial charge < -0.3 is 14.1 Å². The quantitative estimate of drug-likeness (QED) is 0.176. The summed E-state index contributed by atoms with van der Waals surface area (Å²) in [6, 6.07) is 82.6. The van der Waals surface area contributed by atoms with Crippen molar-refractivity contribution in [1.29, 1.82) is 0 Å². The smallest absolute Gasteiger partial charge is 0.140 e. The number of furan rings is 1. The highest BCUT2D eigenvalue weighted by molar-refractivity contribution is 6.14. The van der Waals surface area contributed by atoms with Crippen molar-refractivity contribution >= 4 is 60.5 Å². The first-order valence-electron chi connectivity index (χ1n) is 24.0. The fraction of sp³-hybridized carbons (Fsp3) is 0.0606. The SMILES string of the molecule is CC1(C)c2ccccc2-c2ccc(N(c3ccccc3-c3ccc4c(c3)C3(c5ccccc5-4)c4ccc5ccccc5c4Oc4c3ccc3ccccc43)c3cccc4oc5ccccc5c34)cc21. The Balaban J connectivity index is 1.01. The molecule has 0 bridgehead atoms. The van der Waals surface area contributed by atoms with E-state index in [2.05, 4.69) is 243 Å². The van der Waals surface area contributed by atoms with Crippen LogP contribution < -0.4 is 9.64 Å². The van der Waals surface area contributed by atoms with Crippen molar-refractivity contribution < 1.29 is 9.15 Å². The van der Waals surface area contributed by atoms with Gasteiger partial charge in [-0.3, -0.25) is 0 Å². The number of rotatable bonds is 4. The molecule has 0 N–H and O–H groups in total. The van der Waals surface area contributed by atoms with Crippen molar-refractivity contribution in [3.63, 3.8) is 0 Å². The van der Waals surface area contributed by atoms with Crippen LogP contribution in [0.1, 0.15) is 47.2 Å². The van der Waals surface area contributed by atoms with Crippen molar-refractivity contribution in [3.8, 4) is 44.9 Å². The Labute approximate surface area is 400 Å². The van der Waals surface area contributed by atoms with E-state index in [1.54, 1.807) is 0 Å². The Kier molecular flexibility index (Phi) is 7.77. The van der Waals surface area contributed by atoms with Gasteiger partial charge in [0, 0.05) is 44.0 Å². The highest BCUT2D eigenvalue weighted by Crippen LogP contribution is 2.64. The number of fused-ring (bicyclic) bond motifs is 19. The number of anilines is 3. The highest BCUT2D eigenvalue weighted by atomic mass is 16.5. The van der Waals surface area contributed by atoms with Crippen LogP contribution >= 0.6 is 0 Å². The molecule has 0 unspecified atom stereocenters. The summed E-state index contributed by atoms with van der Waals surface area (Å²) in [5.41, 5.74) is 19.0. The molecule has 0 radical (unpaired) electrons. The van der Waals surface area contributed by atoms with Gasteiger partial charge in [0.05, 0.1) is 22.2 Å². The van der Waals surface area contributed by atoms with E-state index in [0.29, 0.717) is 0 Å². The number of nitrogens with zero attached hydrogens (tertiary/aromatic N) is 1. The molecule has 0 saturated carbocycles. The van der Waals surface area contributed by atoms with Crippen LogP contribution in [0.15, 0.2) is 229 Å². The van der Waals surface area contributed by atoms with Gasteiger partial charge in [-0.05, 0) is 103 Å². The number of hydrogen-bond donors (Lipinski definition) is 0. The van der Waals surface area contributed by atoms with Gasteiger partial charge in [0.2, 0.25) is 0 Å². The molecule has 324 valence electrons.